The van der Waals surface area contributed by atoms with Crippen LogP contribution in [0.15, 0.2) is 72.8 Å². The second-order valence-electron chi connectivity index (χ2n) is 11.0. The predicted octanol–water partition coefficient (Wildman–Crippen LogP) is 8.13. The maximum absolute atomic E-state index is 6.42. The van der Waals surface area contributed by atoms with Gasteiger partial charge in [0.2, 0.25) is 0 Å². The van der Waals surface area contributed by atoms with Crippen LogP contribution in [-0.2, 0) is 6.42 Å². The van der Waals surface area contributed by atoms with Crippen molar-refractivity contribution in [2.45, 2.75) is 53.1 Å². The lowest BCUT2D eigenvalue weighted by atomic mass is 9.92. The summed E-state index contributed by atoms with van der Waals surface area (Å²) in [5, 5.41) is 2.29. The number of ether oxygens (including phenoxy) is 3. The average Bonchev–Trinajstić information content (AvgIpc) is 2.90. The van der Waals surface area contributed by atoms with E-state index >= 15 is 0 Å². The molecule has 0 N–H and O–H groups in total. The van der Waals surface area contributed by atoms with Crippen LogP contribution in [-0.4, -0.2) is 26.5 Å². The highest BCUT2D eigenvalue weighted by atomic mass is 31.1. The second-order valence-corrected chi connectivity index (χ2v) is 14.0. The molecular weight excluding hydrogens is 499 g/mol. The molecule has 0 bridgehead atoms. The molecule has 0 aliphatic carbocycles. The first-order valence-electron chi connectivity index (χ1n) is 13.4. The molecule has 0 saturated heterocycles. The zero-order valence-corrected chi connectivity index (χ0v) is 25.7. The van der Waals surface area contributed by atoms with Crippen molar-refractivity contribution in [3.05, 3.63) is 101 Å². The molecule has 204 valence electrons. The third-order valence-corrected chi connectivity index (χ3v) is 10.4. The summed E-state index contributed by atoms with van der Waals surface area (Å²) < 4.78 is 18.6. The van der Waals surface area contributed by atoms with E-state index < -0.39 is 7.92 Å². The van der Waals surface area contributed by atoms with Crippen LogP contribution >= 0.6 is 7.92 Å². The zero-order valence-electron chi connectivity index (χ0n) is 24.8. The smallest absolute Gasteiger partial charge is 0.131 e. The molecule has 4 rings (SSSR count). The van der Waals surface area contributed by atoms with Crippen molar-refractivity contribution in [1.82, 2.24) is 0 Å². The highest BCUT2D eigenvalue weighted by molar-refractivity contribution is 7.75. The first-order valence-corrected chi connectivity index (χ1v) is 14.8. The van der Waals surface area contributed by atoms with Crippen LogP contribution in [0, 0.1) is 20.8 Å². The van der Waals surface area contributed by atoms with Gasteiger partial charge in [-0.1, -0.05) is 81.4 Å². The van der Waals surface area contributed by atoms with Gasteiger partial charge in [0, 0.05) is 28.2 Å². The van der Waals surface area contributed by atoms with E-state index in [-0.39, 0.29) is 5.16 Å². The van der Waals surface area contributed by atoms with Crippen LogP contribution in [0.4, 0.5) is 0 Å². The fourth-order valence-electron chi connectivity index (χ4n) is 5.51. The maximum atomic E-state index is 6.42. The molecule has 4 aromatic carbocycles. The van der Waals surface area contributed by atoms with Gasteiger partial charge in [-0.25, -0.2) is 0 Å². The summed E-state index contributed by atoms with van der Waals surface area (Å²) in [7, 11) is 4.38. The molecule has 0 amide bonds. The molecule has 4 heteroatoms. The topological polar surface area (TPSA) is 27.7 Å². The SMILES string of the molecule is COc1ccccc1P(c1c(OC)c(Cc2ccccc2C)cc(OC)c1-c1c(C)cccc1C)C(C)(C)C. The molecule has 4 aromatic rings. The quantitative estimate of drug-likeness (QED) is 0.211. The van der Waals surface area contributed by atoms with Gasteiger partial charge < -0.3 is 14.2 Å². The van der Waals surface area contributed by atoms with Gasteiger partial charge in [-0.3, -0.25) is 0 Å². The van der Waals surface area contributed by atoms with Crippen molar-refractivity contribution in [2.24, 2.45) is 0 Å². The second kappa shape index (κ2) is 11.8. The van der Waals surface area contributed by atoms with Crippen molar-refractivity contribution in [1.29, 1.82) is 0 Å². The Morgan fingerprint density at radius 3 is 1.79 bits per heavy atom. The van der Waals surface area contributed by atoms with Gasteiger partial charge in [0.15, 0.2) is 0 Å². The Hall–Kier alpha value is -3.29. The summed E-state index contributed by atoms with van der Waals surface area (Å²) in [5.41, 5.74) is 8.42. The number of hydrogen-bond donors (Lipinski definition) is 0. The Kier molecular flexibility index (Phi) is 8.72. The van der Waals surface area contributed by atoms with Crippen molar-refractivity contribution in [3.63, 3.8) is 0 Å². The van der Waals surface area contributed by atoms with E-state index in [9.17, 15) is 0 Å². The van der Waals surface area contributed by atoms with E-state index in [0.29, 0.717) is 0 Å². The van der Waals surface area contributed by atoms with E-state index in [1.54, 1.807) is 21.3 Å². The number of rotatable bonds is 8. The predicted molar refractivity (Wildman–Crippen MR) is 167 cm³/mol. The lowest BCUT2D eigenvalue weighted by Crippen LogP contribution is -2.30. The van der Waals surface area contributed by atoms with Gasteiger partial charge in [-0.05, 0) is 73.8 Å². The molecule has 0 aliphatic rings. The highest BCUT2D eigenvalue weighted by Gasteiger charge is 2.37. The Bertz CT molecular complexity index is 1450. The Labute approximate surface area is 235 Å². The molecule has 0 saturated carbocycles. The van der Waals surface area contributed by atoms with Crippen LogP contribution in [0.2, 0.25) is 0 Å². The summed E-state index contributed by atoms with van der Waals surface area (Å²) in [5.74, 6) is 2.71. The van der Waals surface area contributed by atoms with Gasteiger partial charge >= 0.3 is 0 Å². The molecule has 0 aliphatic heterocycles. The highest BCUT2D eigenvalue weighted by Crippen LogP contribution is 2.56. The van der Waals surface area contributed by atoms with Crippen molar-refractivity contribution in [2.75, 3.05) is 21.3 Å². The minimum absolute atomic E-state index is 0.102. The fraction of sp³-hybridized carbons (Fsp3) is 0.314. The lowest BCUT2D eigenvalue weighted by Gasteiger charge is -2.37. The van der Waals surface area contributed by atoms with Crippen LogP contribution in [0.25, 0.3) is 11.1 Å². The van der Waals surface area contributed by atoms with Gasteiger partial charge in [0.25, 0.3) is 0 Å². The molecule has 0 heterocycles. The van der Waals surface area contributed by atoms with E-state index in [4.69, 9.17) is 14.2 Å². The van der Waals surface area contributed by atoms with E-state index in [0.717, 1.165) is 34.8 Å². The van der Waals surface area contributed by atoms with Crippen LogP contribution in [0.3, 0.4) is 0 Å². The minimum Gasteiger partial charge on any atom is -0.496 e. The summed E-state index contributed by atoms with van der Waals surface area (Å²) in [6, 6.07) is 25.7. The van der Waals surface area contributed by atoms with Gasteiger partial charge in [0.05, 0.1) is 21.3 Å². The summed E-state index contributed by atoms with van der Waals surface area (Å²) in [6.07, 6.45) is 0.755. The summed E-state index contributed by atoms with van der Waals surface area (Å²) in [6.45, 7) is 13.5. The number of para-hydroxylation sites is 1. The zero-order chi connectivity index (χ0) is 28.3. The standard InChI is InChI=1S/C35H41O3P/c1-23-15-10-11-18-26(23)21-27-22-29(37-8)32(31-24(2)16-14-17-25(31)3)34(33(27)38-9)39(35(4,5)6)30-20-13-12-19-28(30)36-7/h10-20,22H,21H2,1-9H3. The third kappa shape index (κ3) is 5.70. The van der Waals surface area contributed by atoms with Crippen molar-refractivity contribution < 1.29 is 14.2 Å². The third-order valence-electron chi connectivity index (χ3n) is 7.31. The number of benzene rings is 4. The van der Waals surface area contributed by atoms with Gasteiger partial charge in [0.1, 0.15) is 17.2 Å². The molecule has 0 fully saturated rings. The van der Waals surface area contributed by atoms with Crippen LogP contribution in [0.5, 0.6) is 17.2 Å². The molecule has 0 spiro atoms. The molecular formula is C35H41O3P. The largest absolute Gasteiger partial charge is 0.496 e. The summed E-state index contributed by atoms with van der Waals surface area (Å²) in [4.78, 5) is 0. The summed E-state index contributed by atoms with van der Waals surface area (Å²) >= 11 is 0. The van der Waals surface area contributed by atoms with Crippen molar-refractivity contribution in [3.8, 4) is 28.4 Å². The van der Waals surface area contributed by atoms with Crippen LogP contribution < -0.4 is 24.8 Å². The Morgan fingerprint density at radius 2 is 1.21 bits per heavy atom. The molecule has 3 nitrogen and oxygen atoms in total. The van der Waals surface area contributed by atoms with Gasteiger partial charge in [-0.2, -0.15) is 0 Å². The van der Waals surface area contributed by atoms with E-state index in [2.05, 4.69) is 108 Å². The molecule has 39 heavy (non-hydrogen) atoms. The monoisotopic (exact) mass is 540 g/mol. The van der Waals surface area contributed by atoms with E-state index in [1.807, 2.05) is 6.07 Å². The number of methoxy groups -OCH3 is 3. The van der Waals surface area contributed by atoms with Crippen molar-refractivity contribution >= 4 is 18.5 Å². The maximum Gasteiger partial charge on any atom is 0.131 e. The fourth-order valence-corrected chi connectivity index (χ4v) is 8.65. The van der Waals surface area contributed by atoms with Crippen LogP contribution in [0.1, 0.15) is 48.6 Å². The Balaban J connectivity index is 2.19. The minimum atomic E-state index is -0.965. The number of hydrogen-bond acceptors (Lipinski definition) is 3. The number of aryl methyl sites for hydroxylation is 3. The first-order chi connectivity index (χ1) is 18.6. The van der Waals surface area contributed by atoms with Gasteiger partial charge in [-0.15, -0.1) is 0 Å². The molecule has 1 unspecified atom stereocenters. The Morgan fingerprint density at radius 1 is 0.615 bits per heavy atom. The lowest BCUT2D eigenvalue weighted by molar-refractivity contribution is 0.403. The molecule has 0 aromatic heterocycles. The normalized spacial score (nSPS) is 12.2. The first kappa shape index (κ1) is 28.7. The van der Waals surface area contributed by atoms with E-state index in [1.165, 1.54) is 38.4 Å². The molecule has 1 atom stereocenters. The molecule has 0 radical (unpaired) electrons. The average molecular weight is 541 g/mol.